The predicted molar refractivity (Wildman–Crippen MR) is 99.2 cm³/mol. The zero-order chi connectivity index (χ0) is 19.4. The molecule has 0 aliphatic heterocycles. The standard InChI is InChI=1S/C20H21N3O4/c1-12(2)19-22-17(27-23-19)10-9-16(24)21-18(20(25)26)15-8-7-13-5-3-4-6-14(13)11-15/h3-8,11-12,18H,9-10H2,1-2H3,(H,21,24)(H,25,26). The summed E-state index contributed by atoms with van der Waals surface area (Å²) in [5.41, 5.74) is 0.523. The fourth-order valence-corrected chi connectivity index (χ4v) is 2.73. The number of aromatic nitrogens is 2. The van der Waals surface area contributed by atoms with E-state index in [0.29, 0.717) is 17.3 Å². The summed E-state index contributed by atoms with van der Waals surface area (Å²) in [6.45, 7) is 3.89. The Morgan fingerprint density at radius 2 is 1.89 bits per heavy atom. The van der Waals surface area contributed by atoms with E-state index >= 15 is 0 Å². The van der Waals surface area contributed by atoms with Crippen LogP contribution in [0, 0.1) is 0 Å². The third-order valence-corrected chi connectivity index (χ3v) is 4.23. The number of carboxylic acids is 1. The number of hydrogen-bond donors (Lipinski definition) is 2. The summed E-state index contributed by atoms with van der Waals surface area (Å²) >= 11 is 0. The van der Waals surface area contributed by atoms with E-state index in [4.69, 9.17) is 4.52 Å². The first-order valence-electron chi connectivity index (χ1n) is 8.77. The maximum Gasteiger partial charge on any atom is 0.330 e. The van der Waals surface area contributed by atoms with Gasteiger partial charge in [-0.2, -0.15) is 4.98 Å². The van der Waals surface area contributed by atoms with Crippen molar-refractivity contribution in [3.63, 3.8) is 0 Å². The van der Waals surface area contributed by atoms with Crippen LogP contribution < -0.4 is 5.32 Å². The fourth-order valence-electron chi connectivity index (χ4n) is 2.73. The number of aryl methyl sites for hydroxylation is 1. The lowest BCUT2D eigenvalue weighted by Gasteiger charge is -2.15. The van der Waals surface area contributed by atoms with E-state index in [1.54, 1.807) is 12.1 Å². The Bertz CT molecular complexity index is 965. The first-order valence-corrected chi connectivity index (χ1v) is 8.77. The molecular formula is C20H21N3O4. The van der Waals surface area contributed by atoms with Crippen LogP contribution in [0.5, 0.6) is 0 Å². The summed E-state index contributed by atoms with van der Waals surface area (Å²) < 4.78 is 5.10. The van der Waals surface area contributed by atoms with Crippen molar-refractivity contribution in [1.29, 1.82) is 0 Å². The molecule has 27 heavy (non-hydrogen) atoms. The summed E-state index contributed by atoms with van der Waals surface area (Å²) in [5, 5.41) is 17.9. The van der Waals surface area contributed by atoms with Crippen molar-refractivity contribution in [2.24, 2.45) is 0 Å². The van der Waals surface area contributed by atoms with E-state index in [-0.39, 0.29) is 24.7 Å². The van der Waals surface area contributed by atoms with Gasteiger partial charge >= 0.3 is 5.97 Å². The summed E-state index contributed by atoms with van der Waals surface area (Å²) in [4.78, 5) is 28.1. The van der Waals surface area contributed by atoms with Crippen LogP contribution in [-0.4, -0.2) is 27.1 Å². The van der Waals surface area contributed by atoms with Gasteiger partial charge in [0.1, 0.15) is 0 Å². The molecule has 2 aromatic carbocycles. The molecule has 2 N–H and O–H groups in total. The van der Waals surface area contributed by atoms with Crippen LogP contribution in [0.4, 0.5) is 0 Å². The topological polar surface area (TPSA) is 105 Å². The first kappa shape index (κ1) is 18.6. The molecular weight excluding hydrogens is 346 g/mol. The van der Waals surface area contributed by atoms with E-state index in [0.717, 1.165) is 10.8 Å². The van der Waals surface area contributed by atoms with Crippen LogP contribution in [0.25, 0.3) is 10.8 Å². The molecule has 1 heterocycles. The van der Waals surface area contributed by atoms with Crippen molar-refractivity contribution in [2.75, 3.05) is 0 Å². The average Bonchev–Trinajstić information content (AvgIpc) is 3.13. The van der Waals surface area contributed by atoms with Gasteiger partial charge in [-0.1, -0.05) is 55.4 Å². The van der Waals surface area contributed by atoms with Crippen molar-refractivity contribution in [3.8, 4) is 0 Å². The molecule has 0 saturated heterocycles. The van der Waals surface area contributed by atoms with E-state index in [9.17, 15) is 14.7 Å². The second kappa shape index (κ2) is 7.99. The van der Waals surface area contributed by atoms with Crippen LogP contribution in [0.15, 0.2) is 47.0 Å². The summed E-state index contributed by atoms with van der Waals surface area (Å²) in [6, 6.07) is 11.9. The first-order chi connectivity index (χ1) is 12.9. The smallest absolute Gasteiger partial charge is 0.330 e. The molecule has 0 saturated carbocycles. The van der Waals surface area contributed by atoms with Crippen LogP contribution in [0.3, 0.4) is 0 Å². The van der Waals surface area contributed by atoms with E-state index in [1.807, 2.05) is 44.2 Å². The minimum Gasteiger partial charge on any atom is -0.479 e. The van der Waals surface area contributed by atoms with Crippen molar-refractivity contribution in [3.05, 3.63) is 59.7 Å². The number of hydrogen-bond acceptors (Lipinski definition) is 5. The van der Waals surface area contributed by atoms with Gasteiger partial charge in [0, 0.05) is 18.8 Å². The minimum absolute atomic E-state index is 0.0666. The van der Waals surface area contributed by atoms with Gasteiger partial charge in [0.25, 0.3) is 0 Å². The van der Waals surface area contributed by atoms with Gasteiger partial charge in [0.2, 0.25) is 11.8 Å². The highest BCUT2D eigenvalue weighted by molar-refractivity contribution is 5.88. The molecule has 0 fully saturated rings. The molecule has 1 unspecified atom stereocenters. The molecule has 7 heteroatoms. The summed E-state index contributed by atoms with van der Waals surface area (Å²) in [5.74, 6) is -0.407. The van der Waals surface area contributed by atoms with Crippen LogP contribution in [0.1, 0.15) is 49.5 Å². The van der Waals surface area contributed by atoms with Gasteiger partial charge < -0.3 is 14.9 Å². The Kier molecular flexibility index (Phi) is 5.49. The zero-order valence-electron chi connectivity index (χ0n) is 15.2. The molecule has 0 aliphatic carbocycles. The van der Waals surface area contributed by atoms with Crippen LogP contribution in [-0.2, 0) is 16.0 Å². The Balaban J connectivity index is 1.67. The predicted octanol–water partition coefficient (Wildman–Crippen LogP) is 3.22. The van der Waals surface area contributed by atoms with Crippen LogP contribution >= 0.6 is 0 Å². The molecule has 1 aromatic heterocycles. The summed E-state index contributed by atoms with van der Waals surface area (Å²) in [6.07, 6.45) is 0.326. The Morgan fingerprint density at radius 3 is 2.56 bits per heavy atom. The molecule has 0 spiro atoms. The highest BCUT2D eigenvalue weighted by Gasteiger charge is 2.22. The molecule has 3 rings (SSSR count). The summed E-state index contributed by atoms with van der Waals surface area (Å²) in [7, 11) is 0. The molecule has 140 valence electrons. The highest BCUT2D eigenvalue weighted by Crippen LogP contribution is 2.21. The number of aliphatic carboxylic acids is 1. The van der Waals surface area contributed by atoms with Crippen molar-refractivity contribution >= 4 is 22.6 Å². The number of rotatable bonds is 7. The van der Waals surface area contributed by atoms with E-state index in [2.05, 4.69) is 15.5 Å². The SMILES string of the molecule is CC(C)c1noc(CCC(=O)NC(C(=O)O)c2ccc3ccccc3c2)n1. The number of fused-ring (bicyclic) bond motifs is 1. The van der Waals surface area contributed by atoms with Crippen LogP contribution in [0.2, 0.25) is 0 Å². The molecule has 0 aliphatic rings. The lowest BCUT2D eigenvalue weighted by atomic mass is 10.0. The third-order valence-electron chi connectivity index (χ3n) is 4.23. The lowest BCUT2D eigenvalue weighted by molar-refractivity contribution is -0.142. The number of carbonyl (C=O) groups excluding carboxylic acids is 1. The fraction of sp³-hybridized carbons (Fsp3) is 0.300. The van der Waals surface area contributed by atoms with E-state index < -0.39 is 12.0 Å². The van der Waals surface area contributed by atoms with Gasteiger partial charge in [-0.15, -0.1) is 0 Å². The molecule has 1 amide bonds. The van der Waals surface area contributed by atoms with Gasteiger partial charge in [-0.05, 0) is 22.4 Å². The maximum atomic E-state index is 12.2. The van der Waals surface area contributed by atoms with Crippen molar-refractivity contribution in [1.82, 2.24) is 15.5 Å². The number of amides is 1. The Labute approximate surface area is 156 Å². The van der Waals surface area contributed by atoms with Crippen molar-refractivity contribution in [2.45, 2.75) is 38.6 Å². The number of nitrogens with zero attached hydrogens (tertiary/aromatic N) is 2. The normalized spacial score (nSPS) is 12.3. The largest absolute Gasteiger partial charge is 0.479 e. The third kappa shape index (κ3) is 4.49. The van der Waals surface area contributed by atoms with E-state index in [1.165, 1.54) is 0 Å². The lowest BCUT2D eigenvalue weighted by Crippen LogP contribution is -2.33. The molecule has 0 bridgehead atoms. The molecule has 1 atom stereocenters. The molecule has 0 radical (unpaired) electrons. The number of benzene rings is 2. The second-order valence-electron chi connectivity index (χ2n) is 6.65. The van der Waals surface area contributed by atoms with Gasteiger partial charge in [0.15, 0.2) is 11.9 Å². The Morgan fingerprint density at radius 1 is 1.15 bits per heavy atom. The average molecular weight is 367 g/mol. The molecule has 7 nitrogen and oxygen atoms in total. The van der Waals surface area contributed by atoms with Crippen molar-refractivity contribution < 1.29 is 19.2 Å². The van der Waals surface area contributed by atoms with Gasteiger partial charge in [0.05, 0.1) is 0 Å². The Hall–Kier alpha value is -3.22. The molecule has 3 aromatic rings. The number of nitrogens with one attached hydrogen (secondary N) is 1. The zero-order valence-corrected chi connectivity index (χ0v) is 15.2. The minimum atomic E-state index is -1.11. The maximum absolute atomic E-state index is 12.2. The quantitative estimate of drug-likeness (QED) is 0.664. The van der Waals surface area contributed by atoms with Gasteiger partial charge in [-0.25, -0.2) is 4.79 Å². The monoisotopic (exact) mass is 367 g/mol. The second-order valence-corrected chi connectivity index (χ2v) is 6.65. The highest BCUT2D eigenvalue weighted by atomic mass is 16.5. The number of carbonyl (C=O) groups is 2. The number of carboxylic acid groups (broad SMARTS) is 1. The van der Waals surface area contributed by atoms with Gasteiger partial charge in [-0.3, -0.25) is 4.79 Å².